The fourth-order valence-corrected chi connectivity index (χ4v) is 5.46. The van der Waals surface area contributed by atoms with E-state index in [1.165, 1.54) is 36.5 Å². The quantitative estimate of drug-likeness (QED) is 0.225. The number of aryl methyl sites for hydroxylation is 1. The molecule has 1 aliphatic carbocycles. The monoisotopic (exact) mass is 604 g/mol. The maximum Gasteiger partial charge on any atom is 0.573 e. The van der Waals surface area contributed by atoms with E-state index in [1.807, 2.05) is 6.92 Å². The molecule has 0 spiro atoms. The summed E-state index contributed by atoms with van der Waals surface area (Å²) in [5.41, 5.74) is 0.465. The standard InChI is InChI=1S/C27H31ClF6N6O/c1-3-39(15-18-7-5-4-6-8-18)24-10-9-23(41-27(32,33)34)13-20(24)17-40(25-35-37-38(2)36-25)16-19-11-21(26(29,30)31)14-22(28)12-19/h9-14,18H,3-8,15-17H2,1-2H3. The van der Waals surface area contributed by atoms with Crippen molar-refractivity contribution in [3.63, 3.8) is 0 Å². The van der Waals surface area contributed by atoms with E-state index >= 15 is 0 Å². The first-order valence-electron chi connectivity index (χ1n) is 13.3. The summed E-state index contributed by atoms with van der Waals surface area (Å²) in [6.07, 6.45) is -3.89. The second-order valence-electron chi connectivity index (χ2n) is 10.2. The van der Waals surface area contributed by atoms with E-state index in [1.54, 1.807) is 11.0 Å². The van der Waals surface area contributed by atoms with Gasteiger partial charge in [0, 0.05) is 36.9 Å². The highest BCUT2D eigenvalue weighted by molar-refractivity contribution is 6.30. The van der Waals surface area contributed by atoms with Crippen LogP contribution in [0.2, 0.25) is 5.02 Å². The molecular formula is C27H31ClF6N6O. The summed E-state index contributed by atoms with van der Waals surface area (Å²) in [7, 11) is 1.53. The molecule has 0 bridgehead atoms. The molecule has 0 saturated heterocycles. The maximum absolute atomic E-state index is 13.5. The molecule has 14 heteroatoms. The summed E-state index contributed by atoms with van der Waals surface area (Å²) in [6, 6.07) is 7.36. The minimum absolute atomic E-state index is 0.0366. The van der Waals surface area contributed by atoms with E-state index in [9.17, 15) is 26.3 Å². The van der Waals surface area contributed by atoms with Crippen LogP contribution < -0.4 is 14.5 Å². The van der Waals surface area contributed by atoms with Gasteiger partial charge in [-0.25, -0.2) is 0 Å². The molecule has 1 heterocycles. The van der Waals surface area contributed by atoms with E-state index in [2.05, 4.69) is 25.0 Å². The van der Waals surface area contributed by atoms with Gasteiger partial charge in [0.1, 0.15) is 5.75 Å². The lowest BCUT2D eigenvalue weighted by Gasteiger charge is -2.33. The smallest absolute Gasteiger partial charge is 0.406 e. The zero-order chi connectivity index (χ0) is 29.8. The molecule has 1 aromatic heterocycles. The third-order valence-electron chi connectivity index (χ3n) is 7.01. The summed E-state index contributed by atoms with van der Waals surface area (Å²) < 4.78 is 84.0. The van der Waals surface area contributed by atoms with Gasteiger partial charge in [-0.05, 0) is 78.4 Å². The summed E-state index contributed by atoms with van der Waals surface area (Å²) in [4.78, 5) is 4.85. The Hall–Kier alpha value is -3.22. The molecule has 1 aliphatic rings. The number of hydrogen-bond acceptors (Lipinski definition) is 6. The first-order chi connectivity index (χ1) is 19.3. The van der Waals surface area contributed by atoms with Crippen LogP contribution in [0, 0.1) is 5.92 Å². The Morgan fingerprint density at radius 2 is 1.71 bits per heavy atom. The van der Waals surface area contributed by atoms with Crippen molar-refractivity contribution in [3.8, 4) is 5.75 Å². The molecule has 224 valence electrons. The summed E-state index contributed by atoms with van der Waals surface area (Å²) in [5, 5.41) is 12.0. The van der Waals surface area contributed by atoms with Crippen molar-refractivity contribution in [3.05, 3.63) is 58.1 Å². The Morgan fingerprint density at radius 1 is 0.976 bits per heavy atom. The number of anilines is 2. The second kappa shape index (κ2) is 12.7. The Morgan fingerprint density at radius 3 is 2.32 bits per heavy atom. The second-order valence-corrected chi connectivity index (χ2v) is 10.6. The lowest BCUT2D eigenvalue weighted by Crippen LogP contribution is -2.32. The number of rotatable bonds is 10. The molecule has 0 N–H and O–H groups in total. The molecule has 3 aromatic rings. The fraction of sp³-hybridized carbons (Fsp3) is 0.519. The number of benzene rings is 2. The lowest BCUT2D eigenvalue weighted by molar-refractivity contribution is -0.274. The molecule has 0 radical (unpaired) electrons. The summed E-state index contributed by atoms with van der Waals surface area (Å²) >= 11 is 6.01. The van der Waals surface area contributed by atoms with Crippen molar-refractivity contribution >= 4 is 23.2 Å². The van der Waals surface area contributed by atoms with Crippen LogP contribution in [0.1, 0.15) is 55.7 Å². The normalized spacial score (nSPS) is 14.8. The highest BCUT2D eigenvalue weighted by Crippen LogP contribution is 2.35. The van der Waals surface area contributed by atoms with Gasteiger partial charge in [0.25, 0.3) is 5.95 Å². The van der Waals surface area contributed by atoms with Crippen LogP contribution in [0.4, 0.5) is 38.0 Å². The van der Waals surface area contributed by atoms with Crippen LogP contribution in [0.5, 0.6) is 5.75 Å². The highest BCUT2D eigenvalue weighted by Gasteiger charge is 2.33. The third kappa shape index (κ3) is 8.64. The number of ether oxygens (including phenoxy) is 1. The molecule has 1 fully saturated rings. The number of nitrogens with zero attached hydrogens (tertiary/aromatic N) is 6. The SMILES string of the molecule is CCN(CC1CCCCC1)c1ccc(OC(F)(F)F)cc1CN(Cc1cc(Cl)cc(C(F)(F)F)c1)c1nnn(C)n1. The van der Waals surface area contributed by atoms with Gasteiger partial charge in [-0.15, -0.1) is 18.3 Å². The minimum atomic E-state index is -4.90. The molecule has 7 nitrogen and oxygen atoms in total. The van der Waals surface area contributed by atoms with Crippen molar-refractivity contribution in [1.29, 1.82) is 0 Å². The largest absolute Gasteiger partial charge is 0.573 e. The Bertz CT molecular complexity index is 1310. The van der Waals surface area contributed by atoms with Gasteiger partial charge in [-0.1, -0.05) is 36.0 Å². The van der Waals surface area contributed by atoms with Crippen molar-refractivity contribution < 1.29 is 31.1 Å². The molecular weight excluding hydrogens is 574 g/mol. The van der Waals surface area contributed by atoms with Gasteiger partial charge in [0.2, 0.25) is 0 Å². The Kier molecular flexibility index (Phi) is 9.55. The van der Waals surface area contributed by atoms with Crippen LogP contribution in [0.15, 0.2) is 36.4 Å². The zero-order valence-corrected chi connectivity index (χ0v) is 23.4. The number of tetrazole rings is 1. The Balaban J connectivity index is 1.73. The van der Waals surface area contributed by atoms with Crippen LogP contribution in [-0.2, 0) is 26.3 Å². The molecule has 41 heavy (non-hydrogen) atoms. The van der Waals surface area contributed by atoms with Crippen LogP contribution >= 0.6 is 11.6 Å². The van der Waals surface area contributed by atoms with Crippen molar-refractivity contribution in [2.45, 2.75) is 64.7 Å². The van der Waals surface area contributed by atoms with E-state index in [0.29, 0.717) is 23.7 Å². The summed E-state index contributed by atoms with van der Waals surface area (Å²) in [6.45, 7) is 3.16. The molecule has 0 unspecified atom stereocenters. The lowest BCUT2D eigenvalue weighted by atomic mass is 9.88. The number of halogens is 7. The molecule has 0 aliphatic heterocycles. The molecule has 0 atom stereocenters. The highest BCUT2D eigenvalue weighted by atomic mass is 35.5. The number of hydrogen-bond donors (Lipinski definition) is 0. The van der Waals surface area contributed by atoms with Gasteiger partial charge in [0.05, 0.1) is 12.6 Å². The van der Waals surface area contributed by atoms with Gasteiger partial charge < -0.3 is 14.5 Å². The molecule has 1 saturated carbocycles. The molecule has 2 aromatic carbocycles. The van der Waals surface area contributed by atoms with Gasteiger partial charge in [0.15, 0.2) is 0 Å². The predicted molar refractivity (Wildman–Crippen MR) is 143 cm³/mol. The average molecular weight is 605 g/mol. The predicted octanol–water partition coefficient (Wildman–Crippen LogP) is 7.39. The van der Waals surface area contributed by atoms with E-state index in [0.717, 1.165) is 44.4 Å². The average Bonchev–Trinajstić information content (AvgIpc) is 3.32. The molecule has 4 rings (SSSR count). The van der Waals surface area contributed by atoms with Crippen molar-refractivity contribution in [2.75, 3.05) is 22.9 Å². The first kappa shape index (κ1) is 30.7. The maximum atomic E-state index is 13.5. The van der Waals surface area contributed by atoms with Crippen molar-refractivity contribution in [2.24, 2.45) is 13.0 Å². The van der Waals surface area contributed by atoms with E-state index in [4.69, 9.17) is 11.6 Å². The van der Waals surface area contributed by atoms with Crippen LogP contribution in [-0.4, -0.2) is 39.7 Å². The van der Waals surface area contributed by atoms with Crippen molar-refractivity contribution in [1.82, 2.24) is 20.2 Å². The van der Waals surface area contributed by atoms with Crippen LogP contribution in [0.25, 0.3) is 0 Å². The van der Waals surface area contributed by atoms with Gasteiger partial charge >= 0.3 is 12.5 Å². The van der Waals surface area contributed by atoms with Gasteiger partial charge in [-0.3, -0.25) is 0 Å². The summed E-state index contributed by atoms with van der Waals surface area (Å²) in [5.74, 6) is 0.135. The first-order valence-corrected chi connectivity index (χ1v) is 13.7. The van der Waals surface area contributed by atoms with E-state index < -0.39 is 23.9 Å². The zero-order valence-electron chi connectivity index (χ0n) is 22.6. The molecule has 0 amide bonds. The fourth-order valence-electron chi connectivity index (χ4n) is 5.20. The number of alkyl halides is 6. The van der Waals surface area contributed by atoms with E-state index in [-0.39, 0.29) is 29.6 Å². The minimum Gasteiger partial charge on any atom is -0.406 e. The topological polar surface area (TPSA) is 59.3 Å². The van der Waals surface area contributed by atoms with Crippen LogP contribution in [0.3, 0.4) is 0 Å². The number of aromatic nitrogens is 4. The third-order valence-corrected chi connectivity index (χ3v) is 7.23. The van der Waals surface area contributed by atoms with Gasteiger partial charge in [-0.2, -0.15) is 18.0 Å². The Labute approximate surface area is 239 Å².